The highest BCUT2D eigenvalue weighted by atomic mass is 32.2. The minimum Gasteiger partial charge on any atom is -0.322 e. The molecule has 0 saturated heterocycles. The zero-order valence-corrected chi connectivity index (χ0v) is 18.4. The van der Waals surface area contributed by atoms with Crippen molar-refractivity contribution in [2.75, 3.05) is 10.0 Å². The van der Waals surface area contributed by atoms with Crippen LogP contribution in [0.1, 0.15) is 32.6 Å². The number of anilines is 2. The number of alkyl halides is 3. The van der Waals surface area contributed by atoms with Crippen LogP contribution in [-0.2, 0) is 16.2 Å². The molecule has 3 aromatic carbocycles. The van der Waals surface area contributed by atoms with Crippen LogP contribution in [0.2, 0.25) is 0 Å². The number of halogens is 3. The number of hydrogen-bond donors (Lipinski definition) is 2. The van der Waals surface area contributed by atoms with Gasteiger partial charge in [-0.1, -0.05) is 24.3 Å². The first-order chi connectivity index (χ1) is 14.9. The highest BCUT2D eigenvalue weighted by Gasteiger charge is 2.30. The monoisotopic (exact) mass is 462 g/mol. The Bertz CT molecular complexity index is 1290. The summed E-state index contributed by atoms with van der Waals surface area (Å²) >= 11 is 0. The van der Waals surface area contributed by atoms with E-state index in [-0.39, 0.29) is 16.1 Å². The summed E-state index contributed by atoms with van der Waals surface area (Å²) < 4.78 is 67.3. The Morgan fingerprint density at radius 3 is 2.25 bits per heavy atom. The average molecular weight is 462 g/mol. The molecule has 0 spiro atoms. The van der Waals surface area contributed by atoms with Crippen LogP contribution in [0, 0.1) is 20.8 Å². The lowest BCUT2D eigenvalue weighted by molar-refractivity contribution is -0.137. The molecule has 0 aliphatic carbocycles. The van der Waals surface area contributed by atoms with Crippen molar-refractivity contribution in [3.05, 3.63) is 88.5 Å². The summed E-state index contributed by atoms with van der Waals surface area (Å²) in [5.74, 6) is -0.729. The molecule has 0 aliphatic heterocycles. The third kappa shape index (κ3) is 5.11. The van der Waals surface area contributed by atoms with Crippen LogP contribution >= 0.6 is 0 Å². The number of amides is 1. The molecular weight excluding hydrogens is 441 g/mol. The summed E-state index contributed by atoms with van der Waals surface area (Å²) in [4.78, 5) is 12.5. The number of carbonyl (C=O) groups is 1. The van der Waals surface area contributed by atoms with Crippen LogP contribution in [0.5, 0.6) is 0 Å². The third-order valence-electron chi connectivity index (χ3n) is 5.04. The summed E-state index contributed by atoms with van der Waals surface area (Å²) in [6.45, 7) is 5.24. The quantitative estimate of drug-likeness (QED) is 0.512. The Hall–Kier alpha value is -3.33. The van der Waals surface area contributed by atoms with Gasteiger partial charge in [0.1, 0.15) is 0 Å². The summed E-state index contributed by atoms with van der Waals surface area (Å²) in [5.41, 5.74) is 1.56. The average Bonchev–Trinajstić information content (AvgIpc) is 2.71. The van der Waals surface area contributed by atoms with E-state index in [1.807, 2.05) is 13.0 Å². The zero-order valence-electron chi connectivity index (χ0n) is 17.5. The van der Waals surface area contributed by atoms with E-state index >= 15 is 0 Å². The smallest absolute Gasteiger partial charge is 0.322 e. The van der Waals surface area contributed by atoms with E-state index in [0.29, 0.717) is 11.3 Å². The van der Waals surface area contributed by atoms with E-state index in [4.69, 9.17) is 0 Å². The van der Waals surface area contributed by atoms with Crippen molar-refractivity contribution >= 4 is 27.3 Å². The summed E-state index contributed by atoms with van der Waals surface area (Å²) in [7, 11) is -4.02. The maximum Gasteiger partial charge on any atom is 0.416 e. The topological polar surface area (TPSA) is 75.3 Å². The van der Waals surface area contributed by atoms with Gasteiger partial charge in [0.15, 0.2) is 0 Å². The van der Waals surface area contributed by atoms with Crippen molar-refractivity contribution in [1.29, 1.82) is 0 Å². The zero-order chi connectivity index (χ0) is 23.7. The van der Waals surface area contributed by atoms with Crippen LogP contribution in [0.4, 0.5) is 24.5 Å². The molecule has 1 amide bonds. The highest BCUT2D eigenvalue weighted by molar-refractivity contribution is 7.92. The Balaban J connectivity index is 1.90. The molecule has 0 saturated carbocycles. The minimum absolute atomic E-state index is 0.00523. The Morgan fingerprint density at radius 1 is 0.875 bits per heavy atom. The summed E-state index contributed by atoms with van der Waals surface area (Å²) in [6, 6.07) is 13.5. The van der Waals surface area contributed by atoms with Gasteiger partial charge < -0.3 is 5.32 Å². The molecule has 3 aromatic rings. The fourth-order valence-electron chi connectivity index (χ4n) is 3.07. The van der Waals surface area contributed by atoms with E-state index in [1.165, 1.54) is 30.3 Å². The number of carbonyl (C=O) groups excluding carboxylic acids is 1. The molecule has 0 heterocycles. The highest BCUT2D eigenvalue weighted by Crippen LogP contribution is 2.31. The standard InChI is InChI=1S/C23H21F3N2O3S/c1-14-6-4-9-20(16(14)3)28-32(30,31)21-12-17(11-10-15(21)2)22(29)27-19-8-5-7-18(13-19)23(24,25)26/h4-13,28H,1-3H3,(H,27,29). The van der Waals surface area contributed by atoms with Gasteiger partial charge in [-0.2, -0.15) is 13.2 Å². The van der Waals surface area contributed by atoms with Gasteiger partial charge in [-0.05, 0) is 73.9 Å². The van der Waals surface area contributed by atoms with Gasteiger partial charge in [-0.25, -0.2) is 8.42 Å². The van der Waals surface area contributed by atoms with Gasteiger partial charge in [-0.15, -0.1) is 0 Å². The molecule has 0 fully saturated rings. The van der Waals surface area contributed by atoms with Gasteiger partial charge >= 0.3 is 6.18 Å². The second-order valence-electron chi connectivity index (χ2n) is 7.37. The van der Waals surface area contributed by atoms with E-state index in [2.05, 4.69) is 10.0 Å². The second kappa shape index (κ2) is 8.66. The lowest BCUT2D eigenvalue weighted by Gasteiger charge is -2.15. The maximum atomic E-state index is 13.0. The van der Waals surface area contributed by atoms with Gasteiger partial charge in [0.25, 0.3) is 15.9 Å². The fourth-order valence-corrected chi connectivity index (χ4v) is 4.46. The van der Waals surface area contributed by atoms with Crippen molar-refractivity contribution in [1.82, 2.24) is 0 Å². The van der Waals surface area contributed by atoms with Crippen molar-refractivity contribution < 1.29 is 26.4 Å². The predicted molar refractivity (Wildman–Crippen MR) is 117 cm³/mol. The second-order valence-corrected chi connectivity index (χ2v) is 9.02. The molecule has 0 bridgehead atoms. The third-order valence-corrected chi connectivity index (χ3v) is 6.54. The van der Waals surface area contributed by atoms with Crippen molar-refractivity contribution in [2.24, 2.45) is 0 Å². The number of aryl methyl sites for hydroxylation is 2. The van der Waals surface area contributed by atoms with Gasteiger partial charge in [-0.3, -0.25) is 9.52 Å². The Kier molecular flexibility index (Phi) is 6.32. The van der Waals surface area contributed by atoms with E-state index in [0.717, 1.165) is 23.3 Å². The largest absolute Gasteiger partial charge is 0.416 e. The molecule has 2 N–H and O–H groups in total. The minimum atomic E-state index is -4.55. The number of benzene rings is 3. The number of rotatable bonds is 5. The molecule has 5 nitrogen and oxygen atoms in total. The molecule has 168 valence electrons. The summed E-state index contributed by atoms with van der Waals surface area (Å²) in [6.07, 6.45) is -4.55. The van der Waals surface area contributed by atoms with Gasteiger partial charge in [0.2, 0.25) is 0 Å². The van der Waals surface area contributed by atoms with Crippen LogP contribution in [0.25, 0.3) is 0 Å². The van der Waals surface area contributed by atoms with Crippen LogP contribution in [-0.4, -0.2) is 14.3 Å². The molecule has 0 aliphatic rings. The Morgan fingerprint density at radius 2 is 1.56 bits per heavy atom. The number of sulfonamides is 1. The number of nitrogens with one attached hydrogen (secondary N) is 2. The van der Waals surface area contributed by atoms with Crippen LogP contribution < -0.4 is 10.0 Å². The van der Waals surface area contributed by atoms with Gasteiger partial charge in [0.05, 0.1) is 16.1 Å². The number of hydrogen-bond acceptors (Lipinski definition) is 3. The molecular formula is C23H21F3N2O3S. The first-order valence-corrected chi connectivity index (χ1v) is 11.0. The molecule has 0 atom stereocenters. The SMILES string of the molecule is Cc1ccc(C(=O)Nc2cccc(C(F)(F)F)c2)cc1S(=O)(=O)Nc1cccc(C)c1C. The van der Waals surface area contributed by atoms with Crippen molar-refractivity contribution in [3.8, 4) is 0 Å². The molecule has 0 unspecified atom stereocenters. The fraction of sp³-hybridized carbons (Fsp3) is 0.174. The normalized spacial score (nSPS) is 11.8. The molecule has 0 radical (unpaired) electrons. The maximum absolute atomic E-state index is 13.0. The lowest BCUT2D eigenvalue weighted by Crippen LogP contribution is -2.18. The lowest BCUT2D eigenvalue weighted by atomic mass is 10.1. The molecule has 32 heavy (non-hydrogen) atoms. The molecule has 0 aromatic heterocycles. The predicted octanol–water partition coefficient (Wildman–Crippen LogP) is 5.68. The van der Waals surface area contributed by atoms with Gasteiger partial charge in [0, 0.05) is 11.3 Å². The van der Waals surface area contributed by atoms with E-state index in [1.54, 1.807) is 26.0 Å². The first kappa shape index (κ1) is 23.3. The van der Waals surface area contributed by atoms with Crippen LogP contribution in [0.15, 0.2) is 65.6 Å². The van der Waals surface area contributed by atoms with Crippen LogP contribution in [0.3, 0.4) is 0 Å². The van der Waals surface area contributed by atoms with E-state index in [9.17, 15) is 26.4 Å². The molecule has 9 heteroatoms. The van der Waals surface area contributed by atoms with Crippen molar-refractivity contribution in [2.45, 2.75) is 31.8 Å². The Labute approximate surface area is 184 Å². The van der Waals surface area contributed by atoms with E-state index < -0.39 is 27.7 Å². The molecule has 3 rings (SSSR count). The summed E-state index contributed by atoms with van der Waals surface area (Å²) in [5, 5.41) is 2.38. The first-order valence-electron chi connectivity index (χ1n) is 9.57. The van der Waals surface area contributed by atoms with Crippen molar-refractivity contribution in [3.63, 3.8) is 0 Å².